The minimum atomic E-state index is -1.15. The van der Waals surface area contributed by atoms with Crippen LogP contribution >= 0.6 is 0 Å². The molecular weight excluding hydrogens is 332 g/mol. The fourth-order valence-electron chi connectivity index (χ4n) is 2.57. The summed E-state index contributed by atoms with van der Waals surface area (Å²) < 4.78 is 36.3. The highest BCUT2D eigenvalue weighted by atomic mass is 19.2. The third kappa shape index (κ3) is 3.93. The number of ether oxygens (including phenoxy) is 2. The van der Waals surface area contributed by atoms with E-state index in [-0.39, 0.29) is 11.6 Å². The zero-order valence-electron chi connectivity index (χ0n) is 13.1. The summed E-state index contributed by atoms with van der Waals surface area (Å²) in [5, 5.41) is 2.77. The molecule has 1 heterocycles. The molecule has 1 N–H and O–H groups in total. The van der Waals surface area contributed by atoms with E-state index in [1.54, 1.807) is 0 Å². The number of carbonyl (C=O) groups is 2. The Kier molecular flexibility index (Phi) is 4.92. The van der Waals surface area contributed by atoms with E-state index < -0.39 is 30.1 Å². The van der Waals surface area contributed by atoms with Crippen molar-refractivity contribution in [2.24, 2.45) is 0 Å². The zero-order valence-corrected chi connectivity index (χ0v) is 13.1. The Morgan fingerprint density at radius 2 is 1.96 bits per heavy atom. The molecular formula is C18H15F2NO4. The molecule has 1 amide bonds. The van der Waals surface area contributed by atoms with E-state index in [1.165, 1.54) is 0 Å². The molecule has 2 aromatic rings. The second-order valence-electron chi connectivity index (χ2n) is 5.50. The molecule has 130 valence electrons. The van der Waals surface area contributed by atoms with Gasteiger partial charge in [0.2, 0.25) is 0 Å². The molecule has 0 bridgehead atoms. The first-order valence-corrected chi connectivity index (χ1v) is 7.68. The summed E-state index contributed by atoms with van der Waals surface area (Å²) in [4.78, 5) is 23.8. The largest absolute Gasteiger partial charge is 0.493 e. The molecule has 1 unspecified atom stereocenters. The maximum atomic E-state index is 13.1. The lowest BCUT2D eigenvalue weighted by Gasteiger charge is -2.26. The van der Waals surface area contributed by atoms with E-state index >= 15 is 0 Å². The number of carbonyl (C=O) groups excluding carboxylic acids is 2. The number of rotatable bonds is 4. The predicted molar refractivity (Wildman–Crippen MR) is 84.1 cm³/mol. The van der Waals surface area contributed by atoms with Gasteiger partial charge in [-0.1, -0.05) is 18.2 Å². The topological polar surface area (TPSA) is 64.6 Å². The molecule has 7 heteroatoms. The van der Waals surface area contributed by atoms with Crippen LogP contribution < -0.4 is 10.1 Å². The van der Waals surface area contributed by atoms with Gasteiger partial charge in [-0.25, -0.2) is 13.6 Å². The Balaban J connectivity index is 1.57. The van der Waals surface area contributed by atoms with Gasteiger partial charge in [-0.2, -0.15) is 0 Å². The molecule has 0 fully saturated rings. The fraction of sp³-hybridized carbons (Fsp3) is 0.222. The standard InChI is InChI=1S/C18H15F2NO4/c19-13-6-5-11(9-14(13)20)18(23)25-10-17(22)21-15-7-8-24-16-4-2-1-3-12(15)16/h1-6,9,15H,7-8,10H2,(H,21,22). The summed E-state index contributed by atoms with van der Waals surface area (Å²) in [5.74, 6) is -2.90. The van der Waals surface area contributed by atoms with Crippen LogP contribution in [0.25, 0.3) is 0 Å². The van der Waals surface area contributed by atoms with Crippen LogP contribution in [0.3, 0.4) is 0 Å². The summed E-state index contributed by atoms with van der Waals surface area (Å²) >= 11 is 0. The van der Waals surface area contributed by atoms with Gasteiger partial charge in [0.15, 0.2) is 18.2 Å². The molecule has 3 rings (SSSR count). The fourth-order valence-corrected chi connectivity index (χ4v) is 2.57. The van der Waals surface area contributed by atoms with Crippen LogP contribution in [0.2, 0.25) is 0 Å². The Bertz CT molecular complexity index is 809. The second-order valence-corrected chi connectivity index (χ2v) is 5.50. The van der Waals surface area contributed by atoms with Crippen molar-refractivity contribution < 1.29 is 27.8 Å². The van der Waals surface area contributed by atoms with Gasteiger partial charge in [0.1, 0.15) is 5.75 Å². The van der Waals surface area contributed by atoms with E-state index in [9.17, 15) is 18.4 Å². The Morgan fingerprint density at radius 1 is 1.16 bits per heavy atom. The minimum absolute atomic E-state index is 0.164. The van der Waals surface area contributed by atoms with Gasteiger partial charge in [0.05, 0.1) is 18.2 Å². The third-order valence-electron chi connectivity index (χ3n) is 3.78. The molecule has 1 aliphatic heterocycles. The van der Waals surface area contributed by atoms with Gasteiger partial charge in [0.25, 0.3) is 5.91 Å². The highest BCUT2D eigenvalue weighted by Crippen LogP contribution is 2.31. The lowest BCUT2D eigenvalue weighted by atomic mass is 10.0. The molecule has 0 spiro atoms. The zero-order chi connectivity index (χ0) is 17.8. The Morgan fingerprint density at radius 3 is 2.76 bits per heavy atom. The van der Waals surface area contributed by atoms with Crippen LogP contribution in [0.5, 0.6) is 5.75 Å². The quantitative estimate of drug-likeness (QED) is 0.864. The number of amides is 1. The Hall–Kier alpha value is -2.96. The third-order valence-corrected chi connectivity index (χ3v) is 3.78. The smallest absolute Gasteiger partial charge is 0.338 e. The van der Waals surface area contributed by atoms with Crippen molar-refractivity contribution in [1.29, 1.82) is 0 Å². The lowest BCUT2D eigenvalue weighted by molar-refractivity contribution is -0.125. The summed E-state index contributed by atoms with van der Waals surface area (Å²) in [6.45, 7) is -0.0477. The predicted octanol–water partition coefficient (Wildman–Crippen LogP) is 2.76. The number of para-hydroxylation sites is 1. The van der Waals surface area contributed by atoms with Gasteiger partial charge >= 0.3 is 5.97 Å². The van der Waals surface area contributed by atoms with Crippen LogP contribution in [-0.4, -0.2) is 25.1 Å². The number of esters is 1. The van der Waals surface area contributed by atoms with Crippen molar-refractivity contribution in [3.63, 3.8) is 0 Å². The first kappa shape index (κ1) is 16.9. The van der Waals surface area contributed by atoms with Crippen LogP contribution in [0.1, 0.15) is 28.4 Å². The summed E-state index contributed by atoms with van der Waals surface area (Å²) in [6, 6.07) is 9.76. The van der Waals surface area contributed by atoms with Crippen LogP contribution in [0.15, 0.2) is 42.5 Å². The molecule has 0 saturated carbocycles. The average Bonchev–Trinajstić information content (AvgIpc) is 2.62. The van der Waals surface area contributed by atoms with Crippen LogP contribution in [0.4, 0.5) is 8.78 Å². The van der Waals surface area contributed by atoms with E-state index in [4.69, 9.17) is 9.47 Å². The molecule has 25 heavy (non-hydrogen) atoms. The summed E-state index contributed by atoms with van der Waals surface area (Å²) in [6.07, 6.45) is 0.597. The maximum absolute atomic E-state index is 13.1. The normalized spacial score (nSPS) is 15.7. The van der Waals surface area contributed by atoms with Gasteiger partial charge < -0.3 is 14.8 Å². The number of hydrogen-bond donors (Lipinski definition) is 1. The van der Waals surface area contributed by atoms with Crippen molar-refractivity contribution in [1.82, 2.24) is 5.32 Å². The molecule has 0 aromatic heterocycles. The van der Waals surface area contributed by atoms with Crippen molar-refractivity contribution >= 4 is 11.9 Å². The van der Waals surface area contributed by atoms with Gasteiger partial charge in [-0.15, -0.1) is 0 Å². The number of nitrogens with one attached hydrogen (secondary N) is 1. The highest BCUT2D eigenvalue weighted by Gasteiger charge is 2.23. The Labute approximate surface area is 142 Å². The maximum Gasteiger partial charge on any atom is 0.338 e. The first-order valence-electron chi connectivity index (χ1n) is 7.68. The monoisotopic (exact) mass is 347 g/mol. The molecule has 0 radical (unpaired) electrons. The van der Waals surface area contributed by atoms with Crippen molar-refractivity contribution in [3.8, 4) is 5.75 Å². The molecule has 1 aliphatic rings. The van der Waals surface area contributed by atoms with E-state index in [2.05, 4.69) is 5.32 Å². The molecule has 1 atom stereocenters. The lowest BCUT2D eigenvalue weighted by Crippen LogP contribution is -2.35. The molecule has 5 nitrogen and oxygen atoms in total. The number of benzene rings is 2. The minimum Gasteiger partial charge on any atom is -0.493 e. The van der Waals surface area contributed by atoms with E-state index in [0.29, 0.717) is 18.8 Å². The highest BCUT2D eigenvalue weighted by molar-refractivity contribution is 5.91. The van der Waals surface area contributed by atoms with Crippen molar-refractivity contribution in [2.45, 2.75) is 12.5 Å². The number of halogens is 2. The SMILES string of the molecule is O=C(COC(=O)c1ccc(F)c(F)c1)NC1CCOc2ccccc21. The van der Waals surface area contributed by atoms with Crippen LogP contribution in [-0.2, 0) is 9.53 Å². The van der Waals surface area contributed by atoms with Gasteiger partial charge in [0, 0.05) is 12.0 Å². The van der Waals surface area contributed by atoms with Gasteiger partial charge in [-0.3, -0.25) is 4.79 Å². The van der Waals surface area contributed by atoms with E-state index in [0.717, 1.165) is 23.8 Å². The molecule has 0 aliphatic carbocycles. The van der Waals surface area contributed by atoms with E-state index in [1.807, 2.05) is 24.3 Å². The summed E-state index contributed by atoms with van der Waals surface area (Å²) in [7, 11) is 0. The average molecular weight is 347 g/mol. The number of fused-ring (bicyclic) bond motifs is 1. The van der Waals surface area contributed by atoms with Gasteiger partial charge in [-0.05, 0) is 24.3 Å². The van der Waals surface area contributed by atoms with Crippen LogP contribution in [0, 0.1) is 11.6 Å². The first-order chi connectivity index (χ1) is 12.0. The number of hydrogen-bond acceptors (Lipinski definition) is 4. The molecule has 0 saturated heterocycles. The second kappa shape index (κ2) is 7.29. The summed E-state index contributed by atoms with van der Waals surface area (Å²) in [5.41, 5.74) is 0.692. The van der Waals surface area contributed by atoms with Crippen molar-refractivity contribution in [2.75, 3.05) is 13.2 Å². The molecule has 2 aromatic carbocycles. The van der Waals surface area contributed by atoms with Crippen molar-refractivity contribution in [3.05, 3.63) is 65.2 Å².